The van der Waals surface area contributed by atoms with Gasteiger partial charge in [-0.3, -0.25) is 14.4 Å². The molecule has 0 rings (SSSR count). The van der Waals surface area contributed by atoms with Gasteiger partial charge < -0.3 is 14.2 Å². The predicted molar refractivity (Wildman–Crippen MR) is 316 cm³/mol. The number of carbonyl (C=O) groups is 3. The molecule has 0 heterocycles. The van der Waals surface area contributed by atoms with Crippen LogP contribution in [0.15, 0.2) is 48.6 Å². The van der Waals surface area contributed by atoms with Crippen LogP contribution in [-0.2, 0) is 28.6 Å². The molecule has 1 atom stereocenters. The molecule has 0 aromatic carbocycles. The second kappa shape index (κ2) is 61.9. The summed E-state index contributed by atoms with van der Waals surface area (Å²) in [5, 5.41) is 0. The highest BCUT2D eigenvalue weighted by Gasteiger charge is 2.19. The van der Waals surface area contributed by atoms with Gasteiger partial charge in [0.1, 0.15) is 13.2 Å². The number of allylic oxidation sites excluding steroid dienone is 8. The van der Waals surface area contributed by atoms with Crippen molar-refractivity contribution in [2.45, 2.75) is 348 Å². The Hall–Kier alpha value is -2.63. The molecule has 0 saturated heterocycles. The zero-order chi connectivity index (χ0) is 52.9. The zero-order valence-corrected chi connectivity index (χ0v) is 48.9. The summed E-state index contributed by atoms with van der Waals surface area (Å²) in [4.78, 5) is 38.0. The molecule has 0 saturated carbocycles. The van der Waals surface area contributed by atoms with Crippen molar-refractivity contribution in [2.24, 2.45) is 0 Å². The Bertz CT molecular complexity index is 1270. The summed E-state index contributed by atoms with van der Waals surface area (Å²) in [6.45, 7) is 6.53. The lowest BCUT2D eigenvalue weighted by atomic mass is 10.0. The summed E-state index contributed by atoms with van der Waals surface area (Å²) in [6, 6.07) is 0. The first-order valence-electron chi connectivity index (χ1n) is 32.1. The summed E-state index contributed by atoms with van der Waals surface area (Å²) in [7, 11) is 0. The van der Waals surface area contributed by atoms with Crippen LogP contribution in [0.4, 0.5) is 0 Å². The van der Waals surface area contributed by atoms with Gasteiger partial charge in [0.2, 0.25) is 0 Å². The summed E-state index contributed by atoms with van der Waals surface area (Å²) < 4.78 is 16.8. The van der Waals surface area contributed by atoms with E-state index in [1.807, 2.05) is 0 Å². The minimum absolute atomic E-state index is 0.0660. The van der Waals surface area contributed by atoms with Crippen LogP contribution in [0.3, 0.4) is 0 Å². The molecule has 0 radical (unpaired) electrons. The summed E-state index contributed by atoms with van der Waals surface area (Å²) in [6.07, 6.45) is 77.3. The van der Waals surface area contributed by atoms with Gasteiger partial charge in [0.05, 0.1) is 0 Å². The van der Waals surface area contributed by atoms with E-state index in [1.165, 1.54) is 218 Å². The average molecular weight is 1020 g/mol. The molecule has 0 aliphatic carbocycles. The van der Waals surface area contributed by atoms with Crippen molar-refractivity contribution in [3.8, 4) is 0 Å². The van der Waals surface area contributed by atoms with Crippen molar-refractivity contribution in [2.75, 3.05) is 13.2 Å². The molecule has 0 aromatic rings. The van der Waals surface area contributed by atoms with Gasteiger partial charge in [0, 0.05) is 19.3 Å². The molecule has 0 aliphatic rings. The Kier molecular flexibility index (Phi) is 59.7. The van der Waals surface area contributed by atoms with E-state index in [0.29, 0.717) is 19.3 Å². The average Bonchev–Trinajstić information content (AvgIpc) is 3.39. The minimum Gasteiger partial charge on any atom is -0.462 e. The van der Waals surface area contributed by atoms with Crippen LogP contribution in [0, 0.1) is 0 Å². The van der Waals surface area contributed by atoms with Gasteiger partial charge >= 0.3 is 17.9 Å². The lowest BCUT2D eigenvalue weighted by Crippen LogP contribution is -2.30. The van der Waals surface area contributed by atoms with Gasteiger partial charge in [0.25, 0.3) is 0 Å². The van der Waals surface area contributed by atoms with E-state index in [0.717, 1.165) is 83.5 Å². The molecule has 426 valence electrons. The van der Waals surface area contributed by atoms with Gasteiger partial charge in [-0.15, -0.1) is 0 Å². The number of carbonyl (C=O) groups excluding carboxylic acids is 3. The molecule has 0 amide bonds. The maximum atomic E-state index is 12.8. The third-order valence-corrected chi connectivity index (χ3v) is 14.3. The van der Waals surface area contributed by atoms with Crippen molar-refractivity contribution < 1.29 is 28.6 Å². The van der Waals surface area contributed by atoms with Gasteiger partial charge in [-0.1, -0.05) is 313 Å². The van der Waals surface area contributed by atoms with Crippen LogP contribution in [0.2, 0.25) is 0 Å². The predicted octanol–water partition coefficient (Wildman–Crippen LogP) is 21.8. The van der Waals surface area contributed by atoms with Crippen LogP contribution in [-0.4, -0.2) is 37.2 Å². The lowest BCUT2D eigenvalue weighted by molar-refractivity contribution is -0.167. The Morgan fingerprint density at radius 2 is 0.534 bits per heavy atom. The first-order chi connectivity index (χ1) is 36.0. The van der Waals surface area contributed by atoms with E-state index in [-0.39, 0.29) is 31.1 Å². The number of ether oxygens (including phenoxy) is 3. The minimum atomic E-state index is -0.764. The number of hydrogen-bond donors (Lipinski definition) is 0. The van der Waals surface area contributed by atoms with E-state index in [1.54, 1.807) is 0 Å². The fourth-order valence-electron chi connectivity index (χ4n) is 9.56. The third kappa shape index (κ3) is 60.1. The maximum Gasteiger partial charge on any atom is 0.306 e. The van der Waals surface area contributed by atoms with Crippen molar-refractivity contribution >= 4 is 17.9 Å². The summed E-state index contributed by atoms with van der Waals surface area (Å²) in [5.74, 6) is -0.851. The molecular formula is C67H122O6. The molecule has 6 nitrogen and oxygen atoms in total. The second-order valence-corrected chi connectivity index (χ2v) is 21.7. The molecule has 0 bridgehead atoms. The van der Waals surface area contributed by atoms with E-state index in [9.17, 15) is 14.4 Å². The van der Waals surface area contributed by atoms with Crippen molar-refractivity contribution in [1.82, 2.24) is 0 Å². The third-order valence-electron chi connectivity index (χ3n) is 14.3. The topological polar surface area (TPSA) is 78.9 Å². The van der Waals surface area contributed by atoms with Gasteiger partial charge in [-0.2, -0.15) is 0 Å². The first-order valence-corrected chi connectivity index (χ1v) is 32.1. The molecule has 0 spiro atoms. The Balaban J connectivity index is 3.95. The fraction of sp³-hybridized carbons (Fsp3) is 0.836. The van der Waals surface area contributed by atoms with E-state index in [4.69, 9.17) is 14.2 Å². The van der Waals surface area contributed by atoms with Crippen molar-refractivity contribution in [1.29, 1.82) is 0 Å². The van der Waals surface area contributed by atoms with Crippen LogP contribution >= 0.6 is 0 Å². The Morgan fingerprint density at radius 1 is 0.288 bits per heavy atom. The standard InChI is InChI=1S/C67H122O6/c1-4-7-10-13-16-18-20-22-24-25-26-27-28-29-30-31-32-33-34-35-36-37-38-39-40-41-43-44-46-48-51-54-57-60-66(69)72-63-64(62-71-65(68)59-56-53-50-15-12-9-6-3)73-67(70)61-58-55-52-49-47-45-42-23-21-19-17-14-11-8-5-2/h7,10,16,18,22,24,26-27,64H,4-6,8-9,11-15,17,19-21,23,25,28-63H2,1-3H3/b10-7-,18-16-,24-22-,27-26-. The number of hydrogen-bond acceptors (Lipinski definition) is 6. The Morgan fingerprint density at radius 3 is 0.836 bits per heavy atom. The van der Waals surface area contributed by atoms with Gasteiger partial charge in [0.15, 0.2) is 6.10 Å². The molecule has 0 N–H and O–H groups in total. The lowest BCUT2D eigenvalue weighted by Gasteiger charge is -2.18. The quantitative estimate of drug-likeness (QED) is 0.0261. The highest BCUT2D eigenvalue weighted by molar-refractivity contribution is 5.71. The molecule has 0 fully saturated rings. The van der Waals surface area contributed by atoms with Crippen molar-refractivity contribution in [3.63, 3.8) is 0 Å². The van der Waals surface area contributed by atoms with Crippen LogP contribution in [0.5, 0.6) is 0 Å². The molecule has 6 heteroatoms. The first kappa shape index (κ1) is 70.4. The molecule has 73 heavy (non-hydrogen) atoms. The molecular weight excluding hydrogens is 901 g/mol. The highest BCUT2D eigenvalue weighted by atomic mass is 16.6. The van der Waals surface area contributed by atoms with Gasteiger partial charge in [-0.25, -0.2) is 0 Å². The Labute approximate surface area is 454 Å². The van der Waals surface area contributed by atoms with Crippen molar-refractivity contribution in [3.05, 3.63) is 48.6 Å². The van der Waals surface area contributed by atoms with E-state index in [2.05, 4.69) is 69.4 Å². The number of esters is 3. The molecule has 0 aromatic heterocycles. The fourth-order valence-corrected chi connectivity index (χ4v) is 9.56. The maximum absolute atomic E-state index is 12.8. The van der Waals surface area contributed by atoms with Crippen LogP contribution in [0.1, 0.15) is 342 Å². The van der Waals surface area contributed by atoms with E-state index >= 15 is 0 Å². The largest absolute Gasteiger partial charge is 0.462 e. The molecule has 1 unspecified atom stereocenters. The second-order valence-electron chi connectivity index (χ2n) is 21.7. The van der Waals surface area contributed by atoms with E-state index < -0.39 is 6.10 Å². The number of rotatable bonds is 59. The highest BCUT2D eigenvalue weighted by Crippen LogP contribution is 2.18. The SMILES string of the molecule is CC/C=C\C/C=C\C/C=C\C/C=C\CCCCCCCCCCCCCCCCCCCCCCC(=O)OCC(COC(=O)CCCCCCCCC)OC(=O)CCCCCCCCCCCCCCCCC. The van der Waals surface area contributed by atoms with Crippen LogP contribution in [0.25, 0.3) is 0 Å². The zero-order valence-electron chi connectivity index (χ0n) is 48.9. The monoisotopic (exact) mass is 1020 g/mol. The molecule has 0 aliphatic heterocycles. The summed E-state index contributed by atoms with van der Waals surface area (Å²) in [5.41, 5.74) is 0. The normalized spacial score (nSPS) is 12.3. The van der Waals surface area contributed by atoms with Gasteiger partial charge in [-0.05, 0) is 57.8 Å². The van der Waals surface area contributed by atoms with Crippen LogP contribution < -0.4 is 0 Å². The smallest absolute Gasteiger partial charge is 0.306 e. The number of unbranched alkanes of at least 4 members (excludes halogenated alkanes) is 40. The summed E-state index contributed by atoms with van der Waals surface area (Å²) >= 11 is 0.